The third-order valence-electron chi connectivity index (χ3n) is 5.15. The van der Waals surface area contributed by atoms with E-state index in [1.54, 1.807) is 12.1 Å². The van der Waals surface area contributed by atoms with Crippen LogP contribution in [0.1, 0.15) is 19.4 Å². The van der Waals surface area contributed by atoms with E-state index in [9.17, 15) is 26.7 Å². The molecule has 2 aromatic carbocycles. The van der Waals surface area contributed by atoms with Gasteiger partial charge < -0.3 is 9.64 Å². The van der Waals surface area contributed by atoms with E-state index in [0.29, 0.717) is 19.6 Å². The summed E-state index contributed by atoms with van der Waals surface area (Å²) in [5.74, 6) is -8.71. The third kappa shape index (κ3) is 4.72. The summed E-state index contributed by atoms with van der Waals surface area (Å²) < 4.78 is 71.8. The van der Waals surface area contributed by atoms with E-state index in [2.05, 4.69) is 4.90 Å². The van der Waals surface area contributed by atoms with Crippen LogP contribution in [0.15, 0.2) is 30.3 Å². The average Bonchev–Trinajstić information content (AvgIpc) is 2.70. The van der Waals surface area contributed by atoms with Gasteiger partial charge in [0, 0.05) is 37.8 Å². The molecular formula is C21H21F5N2O2. The van der Waals surface area contributed by atoms with Crippen molar-refractivity contribution in [3.05, 3.63) is 65.0 Å². The molecule has 0 spiro atoms. The smallest absolute Gasteiger partial charge is 0.260 e. The minimum atomic E-state index is -1.69. The van der Waals surface area contributed by atoms with Gasteiger partial charge in [-0.3, -0.25) is 9.69 Å². The van der Waals surface area contributed by atoms with Crippen LogP contribution in [0.4, 0.5) is 22.0 Å². The third-order valence-corrected chi connectivity index (χ3v) is 5.15. The Labute approximate surface area is 170 Å². The van der Waals surface area contributed by atoms with Crippen molar-refractivity contribution in [1.29, 1.82) is 0 Å². The molecule has 1 amide bonds. The zero-order valence-electron chi connectivity index (χ0n) is 16.5. The van der Waals surface area contributed by atoms with Crippen LogP contribution >= 0.6 is 0 Å². The molecule has 2 unspecified atom stereocenters. The van der Waals surface area contributed by atoms with Crippen molar-refractivity contribution in [1.82, 2.24) is 9.80 Å². The molecule has 30 heavy (non-hydrogen) atoms. The lowest BCUT2D eigenvalue weighted by molar-refractivity contribution is -0.139. The second kappa shape index (κ2) is 8.99. The lowest BCUT2D eigenvalue weighted by Crippen LogP contribution is -2.58. The van der Waals surface area contributed by atoms with Crippen molar-refractivity contribution < 1.29 is 31.5 Å². The molecule has 1 fully saturated rings. The van der Waals surface area contributed by atoms with Crippen molar-refractivity contribution in [3.63, 3.8) is 0 Å². The second-order valence-electron chi connectivity index (χ2n) is 7.39. The number of hydrogen-bond acceptors (Lipinski definition) is 3. The van der Waals surface area contributed by atoms with Crippen LogP contribution in [-0.4, -0.2) is 47.5 Å². The number of hydrogen-bond donors (Lipinski definition) is 0. The summed E-state index contributed by atoms with van der Waals surface area (Å²) in [6.07, 6.45) is 0. The summed E-state index contributed by atoms with van der Waals surface area (Å²) in [6, 6.07) is 5.94. The van der Waals surface area contributed by atoms with Crippen molar-refractivity contribution in [3.8, 4) is 5.75 Å². The van der Waals surface area contributed by atoms with Gasteiger partial charge in [0.2, 0.25) is 11.6 Å². The molecule has 1 saturated heterocycles. The maximum absolute atomic E-state index is 13.7. The largest absolute Gasteiger partial charge is 0.477 e. The Hall–Kier alpha value is -2.68. The Morgan fingerprint density at radius 1 is 0.967 bits per heavy atom. The highest BCUT2D eigenvalue weighted by Gasteiger charge is 2.32. The molecule has 1 aliphatic rings. The van der Waals surface area contributed by atoms with Gasteiger partial charge in [-0.15, -0.1) is 0 Å². The molecule has 0 bridgehead atoms. The normalized spacial score (nSPS) is 19.8. The first-order valence-electron chi connectivity index (χ1n) is 9.41. The number of ether oxygens (including phenoxy) is 1. The zero-order valence-corrected chi connectivity index (χ0v) is 16.5. The van der Waals surface area contributed by atoms with Crippen LogP contribution in [0.5, 0.6) is 5.75 Å². The van der Waals surface area contributed by atoms with Crippen LogP contribution in [-0.2, 0) is 11.3 Å². The molecule has 1 aliphatic heterocycles. The molecular weight excluding hydrogens is 407 g/mol. The lowest BCUT2D eigenvalue weighted by Gasteiger charge is -2.44. The summed E-state index contributed by atoms with van der Waals surface area (Å²) in [6.45, 7) is 4.38. The molecule has 1 heterocycles. The van der Waals surface area contributed by atoms with Crippen LogP contribution in [0.2, 0.25) is 0 Å². The Morgan fingerprint density at radius 2 is 1.57 bits per heavy atom. The predicted molar refractivity (Wildman–Crippen MR) is 99.2 cm³/mol. The van der Waals surface area contributed by atoms with Crippen LogP contribution in [0.25, 0.3) is 0 Å². The first-order chi connectivity index (χ1) is 14.2. The fourth-order valence-corrected chi connectivity index (χ4v) is 3.49. The number of piperazine rings is 1. The SMILES string of the molecule is CC1CN(C(=O)COc2c(F)c(F)cc(F)c2F)C(C)CN1Cc1ccc(F)cc1. The average molecular weight is 428 g/mol. The summed E-state index contributed by atoms with van der Waals surface area (Å²) in [5, 5.41) is 0. The van der Waals surface area contributed by atoms with E-state index >= 15 is 0 Å². The van der Waals surface area contributed by atoms with Gasteiger partial charge in [0.05, 0.1) is 0 Å². The van der Waals surface area contributed by atoms with E-state index in [0.717, 1.165) is 5.56 Å². The minimum Gasteiger partial charge on any atom is -0.477 e. The maximum atomic E-state index is 13.7. The van der Waals surface area contributed by atoms with Crippen molar-refractivity contribution in [2.45, 2.75) is 32.5 Å². The van der Waals surface area contributed by atoms with Gasteiger partial charge in [0.25, 0.3) is 5.91 Å². The summed E-state index contributed by atoms with van der Waals surface area (Å²) in [4.78, 5) is 16.2. The second-order valence-corrected chi connectivity index (χ2v) is 7.39. The van der Waals surface area contributed by atoms with Crippen molar-refractivity contribution >= 4 is 5.91 Å². The fraction of sp³-hybridized carbons (Fsp3) is 0.381. The quantitative estimate of drug-likeness (QED) is 0.535. The van der Waals surface area contributed by atoms with Crippen molar-refractivity contribution in [2.24, 2.45) is 0 Å². The Balaban J connectivity index is 1.62. The summed E-state index contributed by atoms with van der Waals surface area (Å²) in [7, 11) is 0. The number of carbonyl (C=O) groups excluding carboxylic acids is 1. The standard InChI is InChI=1S/C21H21F5N2O2/c1-12-9-28(13(2)8-27(12)10-14-3-5-15(22)6-4-14)18(29)11-30-21-19(25)16(23)7-17(24)20(21)26/h3-7,12-13H,8-11H2,1-2H3. The zero-order chi connectivity index (χ0) is 22.0. The Bertz CT molecular complexity index is 896. The molecule has 9 heteroatoms. The number of amides is 1. The topological polar surface area (TPSA) is 32.8 Å². The number of carbonyl (C=O) groups is 1. The summed E-state index contributed by atoms with van der Waals surface area (Å²) >= 11 is 0. The van der Waals surface area contributed by atoms with Gasteiger partial charge in [-0.05, 0) is 31.5 Å². The van der Waals surface area contributed by atoms with Crippen LogP contribution in [0, 0.1) is 29.1 Å². The van der Waals surface area contributed by atoms with E-state index in [4.69, 9.17) is 4.74 Å². The molecule has 0 saturated carbocycles. The first kappa shape index (κ1) is 22.0. The number of benzene rings is 2. The fourth-order valence-electron chi connectivity index (χ4n) is 3.49. The number of nitrogens with zero attached hydrogens (tertiary/aromatic N) is 2. The highest BCUT2D eigenvalue weighted by molar-refractivity contribution is 5.78. The van der Waals surface area contributed by atoms with Gasteiger partial charge in [-0.25, -0.2) is 13.2 Å². The minimum absolute atomic E-state index is 0.0460. The molecule has 162 valence electrons. The van der Waals surface area contributed by atoms with E-state index in [1.165, 1.54) is 17.0 Å². The van der Waals surface area contributed by atoms with E-state index in [-0.39, 0.29) is 24.0 Å². The highest BCUT2D eigenvalue weighted by Crippen LogP contribution is 2.27. The molecule has 3 rings (SSSR count). The van der Waals surface area contributed by atoms with Crippen LogP contribution in [0.3, 0.4) is 0 Å². The van der Waals surface area contributed by atoms with Crippen LogP contribution < -0.4 is 4.74 Å². The van der Waals surface area contributed by atoms with Crippen molar-refractivity contribution in [2.75, 3.05) is 19.7 Å². The van der Waals surface area contributed by atoms with Gasteiger partial charge in [-0.2, -0.15) is 8.78 Å². The predicted octanol–water partition coefficient (Wildman–Crippen LogP) is 3.88. The Morgan fingerprint density at radius 3 is 2.17 bits per heavy atom. The molecule has 4 nitrogen and oxygen atoms in total. The monoisotopic (exact) mass is 428 g/mol. The molecule has 2 aromatic rings. The highest BCUT2D eigenvalue weighted by atomic mass is 19.2. The molecule has 0 radical (unpaired) electrons. The first-order valence-corrected chi connectivity index (χ1v) is 9.41. The maximum Gasteiger partial charge on any atom is 0.260 e. The molecule has 0 aliphatic carbocycles. The number of halogens is 5. The van der Waals surface area contributed by atoms with E-state index in [1.807, 2.05) is 13.8 Å². The summed E-state index contributed by atoms with van der Waals surface area (Å²) in [5.41, 5.74) is 0.928. The number of rotatable bonds is 5. The Kier molecular flexibility index (Phi) is 6.60. The van der Waals surface area contributed by atoms with E-state index < -0.39 is 41.5 Å². The molecule has 0 aromatic heterocycles. The lowest BCUT2D eigenvalue weighted by atomic mass is 10.1. The van der Waals surface area contributed by atoms with Gasteiger partial charge in [-0.1, -0.05) is 12.1 Å². The molecule has 0 N–H and O–H groups in total. The van der Waals surface area contributed by atoms with Gasteiger partial charge in [0.15, 0.2) is 24.0 Å². The van der Waals surface area contributed by atoms with Gasteiger partial charge >= 0.3 is 0 Å². The molecule has 2 atom stereocenters. The van der Waals surface area contributed by atoms with Gasteiger partial charge in [0.1, 0.15) is 5.82 Å².